The molecule has 1 aromatic carbocycles. The molecule has 0 saturated heterocycles. The highest BCUT2D eigenvalue weighted by molar-refractivity contribution is 5.42. The van der Waals surface area contributed by atoms with Crippen LogP contribution in [0.3, 0.4) is 0 Å². The Morgan fingerprint density at radius 3 is 0.509 bits per heavy atom. The number of ether oxygens (including phenoxy) is 3. The monoisotopic (exact) mass is 799 g/mol. The van der Waals surface area contributed by atoms with Gasteiger partial charge in [-0.2, -0.15) is 0 Å². The Kier molecular flexibility index (Phi) is 43.0. The first-order chi connectivity index (χ1) is 28.3. The first-order valence-corrected chi connectivity index (χ1v) is 26.3. The SMILES string of the molecule is CCCCCCCCCCCCCCCCOc1cc(OCCCCCCCCCCCCCCCC)cc(OCCCCCCCCCCCCCCCC)c1. The molecule has 0 fully saturated rings. The maximum Gasteiger partial charge on any atom is 0.126 e. The minimum absolute atomic E-state index is 0.777. The molecule has 0 aliphatic carbocycles. The Morgan fingerprint density at radius 2 is 0.351 bits per heavy atom. The summed E-state index contributed by atoms with van der Waals surface area (Å²) in [6, 6.07) is 6.27. The van der Waals surface area contributed by atoms with E-state index in [1.54, 1.807) is 0 Å². The molecule has 3 heteroatoms. The Labute approximate surface area is 358 Å². The van der Waals surface area contributed by atoms with Gasteiger partial charge in [-0.25, -0.2) is 0 Å². The molecule has 3 nitrogen and oxygen atoms in total. The van der Waals surface area contributed by atoms with E-state index in [1.807, 2.05) is 0 Å². The molecule has 0 atom stereocenters. The van der Waals surface area contributed by atoms with E-state index in [0.717, 1.165) is 56.3 Å². The summed E-state index contributed by atoms with van der Waals surface area (Å²) >= 11 is 0. The van der Waals surface area contributed by atoms with Crippen LogP contribution in [0.2, 0.25) is 0 Å². The van der Waals surface area contributed by atoms with E-state index in [4.69, 9.17) is 14.2 Å². The fourth-order valence-corrected chi connectivity index (χ4v) is 8.26. The summed E-state index contributed by atoms with van der Waals surface area (Å²) in [5.41, 5.74) is 0. The van der Waals surface area contributed by atoms with Gasteiger partial charge in [0.15, 0.2) is 0 Å². The molecule has 1 aromatic rings. The molecule has 336 valence electrons. The van der Waals surface area contributed by atoms with Gasteiger partial charge in [-0.15, -0.1) is 0 Å². The third kappa shape index (κ3) is 39.8. The zero-order valence-electron chi connectivity index (χ0n) is 39.3. The van der Waals surface area contributed by atoms with E-state index >= 15 is 0 Å². The first kappa shape index (κ1) is 53.6. The van der Waals surface area contributed by atoms with Crippen molar-refractivity contribution in [2.24, 2.45) is 0 Å². The molecule has 0 N–H and O–H groups in total. The van der Waals surface area contributed by atoms with Crippen molar-refractivity contribution in [1.82, 2.24) is 0 Å². The van der Waals surface area contributed by atoms with Crippen LogP contribution in [0.4, 0.5) is 0 Å². The van der Waals surface area contributed by atoms with Crippen LogP contribution in [0.15, 0.2) is 18.2 Å². The van der Waals surface area contributed by atoms with E-state index in [2.05, 4.69) is 39.0 Å². The summed E-state index contributed by atoms with van der Waals surface area (Å²) in [5, 5.41) is 0. The van der Waals surface area contributed by atoms with Crippen molar-refractivity contribution in [3.63, 3.8) is 0 Å². The third-order valence-corrected chi connectivity index (χ3v) is 12.2. The lowest BCUT2D eigenvalue weighted by Gasteiger charge is -2.13. The second-order valence-electron chi connectivity index (χ2n) is 18.0. The lowest BCUT2D eigenvalue weighted by atomic mass is 10.0. The third-order valence-electron chi connectivity index (χ3n) is 12.2. The number of hydrogen-bond donors (Lipinski definition) is 0. The van der Waals surface area contributed by atoms with Crippen molar-refractivity contribution in [2.75, 3.05) is 19.8 Å². The normalized spacial score (nSPS) is 11.4. The van der Waals surface area contributed by atoms with E-state index < -0.39 is 0 Å². The van der Waals surface area contributed by atoms with Crippen LogP contribution in [0.1, 0.15) is 290 Å². The van der Waals surface area contributed by atoms with Crippen molar-refractivity contribution in [3.05, 3.63) is 18.2 Å². The van der Waals surface area contributed by atoms with Crippen LogP contribution in [0.5, 0.6) is 17.2 Å². The van der Waals surface area contributed by atoms with Crippen molar-refractivity contribution >= 4 is 0 Å². The molecule has 57 heavy (non-hydrogen) atoms. The van der Waals surface area contributed by atoms with Crippen LogP contribution in [0.25, 0.3) is 0 Å². The van der Waals surface area contributed by atoms with Crippen LogP contribution >= 0.6 is 0 Å². The molecule has 0 bridgehead atoms. The maximum atomic E-state index is 6.29. The minimum atomic E-state index is 0.777. The summed E-state index contributed by atoms with van der Waals surface area (Å²) < 4.78 is 18.9. The summed E-state index contributed by atoms with van der Waals surface area (Å²) in [5.74, 6) is 2.71. The standard InChI is InChI=1S/C54H102O3/c1-4-7-10-13-16-19-22-25-28-31-34-37-40-43-46-55-52-49-53(56-47-44-41-38-35-32-29-26-23-20-17-14-11-8-5-2)51-54(50-52)57-48-45-42-39-36-33-30-27-24-21-18-15-12-9-6-3/h49-51H,4-48H2,1-3H3. The van der Waals surface area contributed by atoms with Gasteiger partial charge in [0, 0.05) is 18.2 Å². The molecule has 0 aliphatic rings. The fraction of sp³-hybridized carbons (Fsp3) is 0.889. The zero-order valence-corrected chi connectivity index (χ0v) is 39.3. The highest BCUT2D eigenvalue weighted by Gasteiger charge is 2.06. The Balaban J connectivity index is 2.27. The van der Waals surface area contributed by atoms with Gasteiger partial charge in [0.1, 0.15) is 17.2 Å². The fourth-order valence-electron chi connectivity index (χ4n) is 8.26. The largest absolute Gasteiger partial charge is 0.493 e. The van der Waals surface area contributed by atoms with Gasteiger partial charge in [-0.3, -0.25) is 0 Å². The minimum Gasteiger partial charge on any atom is -0.493 e. The molecule has 0 heterocycles. The number of benzene rings is 1. The summed E-state index contributed by atoms with van der Waals surface area (Å²) in [6.07, 6.45) is 57.9. The van der Waals surface area contributed by atoms with Crippen LogP contribution in [0, 0.1) is 0 Å². The maximum absolute atomic E-state index is 6.29. The average molecular weight is 799 g/mol. The second kappa shape index (κ2) is 45.7. The Morgan fingerprint density at radius 1 is 0.211 bits per heavy atom. The quantitative estimate of drug-likeness (QED) is 0.0615. The van der Waals surface area contributed by atoms with Gasteiger partial charge in [0.05, 0.1) is 19.8 Å². The van der Waals surface area contributed by atoms with Crippen molar-refractivity contribution in [2.45, 2.75) is 290 Å². The van der Waals surface area contributed by atoms with Crippen LogP contribution < -0.4 is 14.2 Å². The number of hydrogen-bond acceptors (Lipinski definition) is 3. The van der Waals surface area contributed by atoms with E-state index in [-0.39, 0.29) is 0 Å². The number of rotatable bonds is 48. The predicted octanol–water partition coefficient (Wildman–Crippen LogP) is 19.3. The smallest absolute Gasteiger partial charge is 0.126 e. The number of unbranched alkanes of at least 4 members (excludes halogenated alkanes) is 39. The molecular formula is C54H102O3. The van der Waals surface area contributed by atoms with Gasteiger partial charge in [0.2, 0.25) is 0 Å². The van der Waals surface area contributed by atoms with Crippen molar-refractivity contribution < 1.29 is 14.2 Å². The Bertz CT molecular complexity index is 772. The van der Waals surface area contributed by atoms with Crippen LogP contribution in [-0.2, 0) is 0 Å². The van der Waals surface area contributed by atoms with Gasteiger partial charge < -0.3 is 14.2 Å². The summed E-state index contributed by atoms with van der Waals surface area (Å²) in [7, 11) is 0. The predicted molar refractivity (Wildman–Crippen MR) is 254 cm³/mol. The lowest BCUT2D eigenvalue weighted by molar-refractivity contribution is 0.275. The first-order valence-electron chi connectivity index (χ1n) is 26.3. The topological polar surface area (TPSA) is 27.7 Å². The molecule has 0 aromatic heterocycles. The van der Waals surface area contributed by atoms with Gasteiger partial charge in [-0.05, 0) is 19.3 Å². The molecule has 0 amide bonds. The molecular weight excluding hydrogens is 697 g/mol. The molecule has 0 radical (unpaired) electrons. The van der Waals surface area contributed by atoms with Gasteiger partial charge >= 0.3 is 0 Å². The van der Waals surface area contributed by atoms with Crippen molar-refractivity contribution in [1.29, 1.82) is 0 Å². The highest BCUT2D eigenvalue weighted by atomic mass is 16.5. The van der Waals surface area contributed by atoms with Gasteiger partial charge in [-0.1, -0.05) is 271 Å². The summed E-state index contributed by atoms with van der Waals surface area (Å²) in [4.78, 5) is 0. The van der Waals surface area contributed by atoms with Crippen molar-refractivity contribution in [3.8, 4) is 17.2 Å². The average Bonchev–Trinajstić information content (AvgIpc) is 3.22. The molecule has 0 aliphatic heterocycles. The van der Waals surface area contributed by atoms with E-state index in [0.29, 0.717) is 0 Å². The highest BCUT2D eigenvalue weighted by Crippen LogP contribution is 2.29. The molecule has 0 spiro atoms. The van der Waals surface area contributed by atoms with E-state index in [9.17, 15) is 0 Å². The van der Waals surface area contributed by atoms with Crippen LogP contribution in [-0.4, -0.2) is 19.8 Å². The second-order valence-corrected chi connectivity index (χ2v) is 18.0. The van der Waals surface area contributed by atoms with Gasteiger partial charge in [0.25, 0.3) is 0 Å². The van der Waals surface area contributed by atoms with E-state index in [1.165, 1.54) is 250 Å². The molecule has 0 unspecified atom stereocenters. The summed E-state index contributed by atoms with van der Waals surface area (Å²) in [6.45, 7) is 9.24. The zero-order chi connectivity index (χ0) is 40.8. The molecule has 0 saturated carbocycles. The lowest BCUT2D eigenvalue weighted by Crippen LogP contribution is -2.02. The Hall–Kier alpha value is -1.38. The molecule has 1 rings (SSSR count).